The number of halogens is 3. The molecule has 0 unspecified atom stereocenters. The van der Waals surface area contributed by atoms with E-state index in [-0.39, 0.29) is 22.7 Å². The molecule has 1 amide bonds. The fourth-order valence-electron chi connectivity index (χ4n) is 3.32. The van der Waals surface area contributed by atoms with Gasteiger partial charge in [-0.2, -0.15) is 21.6 Å². The molecule has 0 saturated carbocycles. The highest BCUT2D eigenvalue weighted by Crippen LogP contribution is 2.37. The number of fused-ring (bicyclic) bond motifs is 1. The molecule has 0 aromatic heterocycles. The van der Waals surface area contributed by atoms with Gasteiger partial charge in [-0.3, -0.25) is 14.3 Å². The summed E-state index contributed by atoms with van der Waals surface area (Å²) in [7, 11) is -4.38. The van der Waals surface area contributed by atoms with E-state index in [2.05, 4.69) is 10.3 Å². The van der Waals surface area contributed by atoms with Gasteiger partial charge in [-0.05, 0) is 53.1 Å². The van der Waals surface area contributed by atoms with Crippen molar-refractivity contribution in [3.63, 3.8) is 0 Å². The predicted molar refractivity (Wildman–Crippen MR) is 113 cm³/mol. The van der Waals surface area contributed by atoms with Crippen molar-refractivity contribution in [3.05, 3.63) is 77.9 Å². The smallest absolute Gasteiger partial charge is 0.324 e. The average Bonchev–Trinajstić information content (AvgIpc) is 2.90. The molecule has 0 spiro atoms. The number of nitrogens with one attached hydrogen (secondary N) is 1. The Hall–Kier alpha value is -3.50. The zero-order chi connectivity index (χ0) is 23.1. The van der Waals surface area contributed by atoms with Gasteiger partial charge in [0.15, 0.2) is 0 Å². The Kier molecular flexibility index (Phi) is 5.35. The largest absolute Gasteiger partial charge is 0.416 e. The summed E-state index contributed by atoms with van der Waals surface area (Å²) in [4.78, 5) is 16.5. The third-order valence-electron chi connectivity index (χ3n) is 4.84. The summed E-state index contributed by atoms with van der Waals surface area (Å²) < 4.78 is 71.2. The van der Waals surface area contributed by atoms with Crippen LogP contribution in [0.5, 0.6) is 0 Å². The van der Waals surface area contributed by atoms with Crippen LogP contribution in [-0.2, 0) is 21.1 Å². The number of hydrogen-bond donors (Lipinski definition) is 2. The van der Waals surface area contributed by atoms with E-state index in [0.29, 0.717) is 22.4 Å². The molecule has 0 bridgehead atoms. The van der Waals surface area contributed by atoms with Gasteiger partial charge in [0.2, 0.25) is 5.91 Å². The SMILES string of the molecule is O=C1CC(c2cccc(-c3cccc(S(=O)(=O)O)c3)c2)=Nc2ccc(C(F)(F)F)cc2N1. The molecule has 6 nitrogen and oxygen atoms in total. The van der Waals surface area contributed by atoms with E-state index in [1.54, 1.807) is 30.3 Å². The summed E-state index contributed by atoms with van der Waals surface area (Å²) >= 11 is 0. The summed E-state index contributed by atoms with van der Waals surface area (Å²) in [5, 5.41) is 2.46. The number of rotatable bonds is 3. The second-order valence-electron chi connectivity index (χ2n) is 7.10. The molecule has 1 heterocycles. The van der Waals surface area contributed by atoms with Gasteiger partial charge in [0.25, 0.3) is 10.1 Å². The van der Waals surface area contributed by atoms with Crippen LogP contribution < -0.4 is 5.32 Å². The lowest BCUT2D eigenvalue weighted by atomic mass is 9.99. The Balaban J connectivity index is 1.76. The Morgan fingerprint density at radius 1 is 0.906 bits per heavy atom. The van der Waals surface area contributed by atoms with Gasteiger partial charge in [0, 0.05) is 0 Å². The minimum atomic E-state index is -4.55. The molecule has 0 saturated heterocycles. The Morgan fingerprint density at radius 2 is 1.56 bits per heavy atom. The highest BCUT2D eigenvalue weighted by Gasteiger charge is 2.31. The molecule has 0 aliphatic carbocycles. The van der Waals surface area contributed by atoms with Crippen molar-refractivity contribution in [1.82, 2.24) is 0 Å². The van der Waals surface area contributed by atoms with Crippen molar-refractivity contribution in [3.8, 4) is 11.1 Å². The molecule has 164 valence electrons. The van der Waals surface area contributed by atoms with Crippen molar-refractivity contribution in [2.24, 2.45) is 4.99 Å². The van der Waals surface area contributed by atoms with Crippen LogP contribution in [0.15, 0.2) is 76.6 Å². The first-order valence-electron chi connectivity index (χ1n) is 9.28. The van der Waals surface area contributed by atoms with Crippen LogP contribution in [0, 0.1) is 0 Å². The molecule has 3 aromatic carbocycles. The lowest BCUT2D eigenvalue weighted by Gasteiger charge is -2.10. The third kappa shape index (κ3) is 4.56. The molecule has 2 N–H and O–H groups in total. The number of amides is 1. The first-order chi connectivity index (χ1) is 15.0. The third-order valence-corrected chi connectivity index (χ3v) is 5.69. The monoisotopic (exact) mass is 460 g/mol. The maximum atomic E-state index is 13.0. The molecule has 32 heavy (non-hydrogen) atoms. The summed E-state index contributed by atoms with van der Waals surface area (Å²) in [6.07, 6.45) is -4.71. The lowest BCUT2D eigenvalue weighted by Crippen LogP contribution is -2.15. The molecule has 0 fully saturated rings. The van der Waals surface area contributed by atoms with Crippen LogP contribution in [0.1, 0.15) is 17.5 Å². The number of anilines is 1. The highest BCUT2D eigenvalue weighted by molar-refractivity contribution is 7.85. The van der Waals surface area contributed by atoms with Crippen molar-refractivity contribution >= 4 is 33.1 Å². The van der Waals surface area contributed by atoms with Crippen molar-refractivity contribution in [1.29, 1.82) is 0 Å². The van der Waals surface area contributed by atoms with Gasteiger partial charge in [-0.25, -0.2) is 0 Å². The van der Waals surface area contributed by atoms with Gasteiger partial charge >= 0.3 is 6.18 Å². The molecule has 1 aliphatic rings. The molecule has 4 rings (SSSR count). The summed E-state index contributed by atoms with van der Waals surface area (Å²) in [5.74, 6) is -0.513. The second kappa shape index (κ2) is 7.88. The van der Waals surface area contributed by atoms with Gasteiger partial charge in [0.1, 0.15) is 0 Å². The molecule has 0 radical (unpaired) electrons. The summed E-state index contributed by atoms with van der Waals surface area (Å²) in [5.41, 5.74) is 1.27. The Bertz CT molecular complexity index is 1370. The van der Waals surface area contributed by atoms with Gasteiger partial charge < -0.3 is 5.32 Å². The van der Waals surface area contributed by atoms with E-state index in [4.69, 9.17) is 0 Å². The quantitative estimate of drug-likeness (QED) is 0.533. The van der Waals surface area contributed by atoms with E-state index >= 15 is 0 Å². The number of benzene rings is 3. The Labute approximate surface area is 181 Å². The molecule has 3 aromatic rings. The maximum Gasteiger partial charge on any atom is 0.416 e. The number of carbonyl (C=O) groups excluding carboxylic acids is 1. The normalized spacial score (nSPS) is 14.2. The maximum absolute atomic E-state index is 13.0. The van der Waals surface area contributed by atoms with Crippen molar-refractivity contribution < 1.29 is 30.9 Å². The lowest BCUT2D eigenvalue weighted by molar-refractivity contribution is -0.137. The van der Waals surface area contributed by atoms with E-state index < -0.39 is 27.8 Å². The van der Waals surface area contributed by atoms with E-state index in [0.717, 1.165) is 12.1 Å². The van der Waals surface area contributed by atoms with Gasteiger partial charge in [0.05, 0.1) is 34.0 Å². The van der Waals surface area contributed by atoms with E-state index in [1.165, 1.54) is 24.3 Å². The van der Waals surface area contributed by atoms with Gasteiger partial charge in [-0.15, -0.1) is 0 Å². The summed E-state index contributed by atoms with van der Waals surface area (Å²) in [6.45, 7) is 0. The summed E-state index contributed by atoms with van der Waals surface area (Å²) in [6, 6.07) is 15.4. The molecule has 10 heteroatoms. The van der Waals surface area contributed by atoms with Crippen LogP contribution >= 0.6 is 0 Å². The number of aliphatic imine (C=N–C) groups is 1. The number of carbonyl (C=O) groups is 1. The topological polar surface area (TPSA) is 95.8 Å². The zero-order valence-corrected chi connectivity index (χ0v) is 17.0. The minimum absolute atomic E-state index is 0.0307. The fourth-order valence-corrected chi connectivity index (χ4v) is 3.85. The molecule has 1 aliphatic heterocycles. The highest BCUT2D eigenvalue weighted by atomic mass is 32.2. The number of nitrogens with zero attached hydrogens (tertiary/aromatic N) is 1. The minimum Gasteiger partial charge on any atom is -0.324 e. The van der Waals surface area contributed by atoms with E-state index in [9.17, 15) is 30.9 Å². The van der Waals surface area contributed by atoms with Gasteiger partial charge in [-0.1, -0.05) is 30.3 Å². The number of hydrogen-bond acceptors (Lipinski definition) is 4. The molecular formula is C22H15F3N2O4S. The Morgan fingerprint density at radius 3 is 2.25 bits per heavy atom. The van der Waals surface area contributed by atoms with Crippen LogP contribution in [0.25, 0.3) is 11.1 Å². The second-order valence-corrected chi connectivity index (χ2v) is 8.52. The van der Waals surface area contributed by atoms with Crippen molar-refractivity contribution in [2.45, 2.75) is 17.5 Å². The fraction of sp³-hybridized carbons (Fsp3) is 0.0909. The first kappa shape index (κ1) is 21.7. The van der Waals surface area contributed by atoms with Crippen LogP contribution in [0.4, 0.5) is 24.5 Å². The molecule has 0 atom stereocenters. The van der Waals surface area contributed by atoms with Crippen molar-refractivity contribution in [2.75, 3.05) is 5.32 Å². The predicted octanol–water partition coefficient (Wildman–Crippen LogP) is 5.08. The first-order valence-corrected chi connectivity index (χ1v) is 10.7. The standard InChI is InChI=1S/C22H15F3N2O4S/c23-22(24,25)16-7-8-18-20(11-16)27-21(28)12-19(26-18)15-5-1-3-13(9-15)14-4-2-6-17(10-14)32(29,30)31/h1-11H,12H2,(H,27,28)(H,29,30,31). The van der Waals surface area contributed by atoms with Crippen LogP contribution in [0.3, 0.4) is 0 Å². The van der Waals surface area contributed by atoms with E-state index in [1.807, 2.05) is 0 Å². The average molecular weight is 460 g/mol. The number of alkyl halides is 3. The van der Waals surface area contributed by atoms with Crippen LogP contribution in [-0.4, -0.2) is 24.6 Å². The van der Waals surface area contributed by atoms with Crippen LogP contribution in [0.2, 0.25) is 0 Å². The zero-order valence-electron chi connectivity index (χ0n) is 16.2. The molecular weight excluding hydrogens is 445 g/mol.